The molecular formula is C14H17BrOS. The van der Waals surface area contributed by atoms with Crippen molar-refractivity contribution in [3.05, 3.63) is 47.0 Å². The van der Waals surface area contributed by atoms with Crippen molar-refractivity contribution in [1.82, 2.24) is 0 Å². The van der Waals surface area contributed by atoms with Gasteiger partial charge in [0.15, 0.2) is 5.12 Å². The van der Waals surface area contributed by atoms with E-state index >= 15 is 0 Å². The Hall–Kier alpha value is -0.540. The summed E-state index contributed by atoms with van der Waals surface area (Å²) >= 11 is 4.71. The number of carbonyl (C=O) groups is 1. The van der Waals surface area contributed by atoms with Gasteiger partial charge in [-0.05, 0) is 29.8 Å². The summed E-state index contributed by atoms with van der Waals surface area (Å²) in [6, 6.07) is 10.4. The van der Waals surface area contributed by atoms with Crippen molar-refractivity contribution in [3.8, 4) is 0 Å². The molecule has 0 aliphatic rings. The molecule has 0 radical (unpaired) electrons. The maximum Gasteiger partial charge on any atom is 0.186 e. The standard InChI is InChI=1S/C14H17BrOS/c1-12(16)17-14(8-5-11-15)10-9-13-6-3-2-4-7-13/h2-7,11,14H,8-10H2,1H3/b11-5-. The Balaban J connectivity index is 2.45. The third-order valence-electron chi connectivity index (χ3n) is 2.42. The predicted octanol–water partition coefficient (Wildman–Crippen LogP) is 4.57. The van der Waals surface area contributed by atoms with Crippen molar-refractivity contribution in [2.45, 2.75) is 31.4 Å². The molecule has 1 rings (SSSR count). The van der Waals surface area contributed by atoms with Crippen LogP contribution in [0.5, 0.6) is 0 Å². The van der Waals surface area contributed by atoms with Crippen LogP contribution >= 0.6 is 27.7 Å². The van der Waals surface area contributed by atoms with E-state index in [9.17, 15) is 4.79 Å². The minimum atomic E-state index is 0.200. The van der Waals surface area contributed by atoms with Crippen LogP contribution in [0.2, 0.25) is 0 Å². The number of carbonyl (C=O) groups excluding carboxylic acids is 1. The largest absolute Gasteiger partial charge is 0.288 e. The molecule has 92 valence electrons. The lowest BCUT2D eigenvalue weighted by atomic mass is 10.1. The molecule has 3 heteroatoms. The Kier molecular flexibility index (Phi) is 7.29. The average Bonchev–Trinajstić information content (AvgIpc) is 2.33. The van der Waals surface area contributed by atoms with E-state index in [-0.39, 0.29) is 5.12 Å². The normalized spacial score (nSPS) is 12.8. The molecule has 0 aliphatic carbocycles. The summed E-state index contributed by atoms with van der Waals surface area (Å²) in [5.74, 6) is 0. The number of aryl methyl sites for hydroxylation is 1. The van der Waals surface area contributed by atoms with Crippen molar-refractivity contribution in [2.24, 2.45) is 0 Å². The summed E-state index contributed by atoms with van der Waals surface area (Å²) in [5.41, 5.74) is 1.34. The average molecular weight is 313 g/mol. The first-order valence-corrected chi connectivity index (χ1v) is 7.48. The summed E-state index contributed by atoms with van der Waals surface area (Å²) in [7, 11) is 0. The number of benzene rings is 1. The first-order valence-electron chi connectivity index (χ1n) is 5.68. The Bertz CT molecular complexity index is 362. The van der Waals surface area contributed by atoms with Gasteiger partial charge in [-0.1, -0.05) is 64.1 Å². The number of hydrogen-bond donors (Lipinski definition) is 0. The lowest BCUT2D eigenvalue weighted by Crippen LogP contribution is -2.06. The second-order valence-electron chi connectivity index (χ2n) is 3.85. The third kappa shape index (κ3) is 6.69. The van der Waals surface area contributed by atoms with Gasteiger partial charge in [0.05, 0.1) is 0 Å². The van der Waals surface area contributed by atoms with Gasteiger partial charge in [-0.2, -0.15) is 0 Å². The summed E-state index contributed by atoms with van der Waals surface area (Å²) in [5, 5.41) is 0.576. The second kappa shape index (κ2) is 8.54. The van der Waals surface area contributed by atoms with Gasteiger partial charge in [0.25, 0.3) is 0 Å². The van der Waals surface area contributed by atoms with E-state index in [0.29, 0.717) is 5.25 Å². The Labute approximate surface area is 116 Å². The van der Waals surface area contributed by atoms with Crippen LogP contribution < -0.4 is 0 Å². The number of hydrogen-bond acceptors (Lipinski definition) is 2. The van der Waals surface area contributed by atoms with Crippen molar-refractivity contribution < 1.29 is 4.79 Å². The molecule has 0 aliphatic heterocycles. The van der Waals surface area contributed by atoms with E-state index in [0.717, 1.165) is 19.3 Å². The lowest BCUT2D eigenvalue weighted by molar-refractivity contribution is -0.109. The molecule has 1 unspecified atom stereocenters. The van der Waals surface area contributed by atoms with Gasteiger partial charge in [0, 0.05) is 12.2 Å². The quantitative estimate of drug-likeness (QED) is 0.765. The molecule has 17 heavy (non-hydrogen) atoms. The van der Waals surface area contributed by atoms with E-state index in [1.54, 1.807) is 6.92 Å². The van der Waals surface area contributed by atoms with E-state index in [1.165, 1.54) is 17.3 Å². The van der Waals surface area contributed by atoms with Crippen LogP contribution in [0.4, 0.5) is 0 Å². The molecule has 1 aromatic carbocycles. The molecular weight excluding hydrogens is 296 g/mol. The molecule has 0 bridgehead atoms. The fraction of sp³-hybridized carbons (Fsp3) is 0.357. The SMILES string of the molecule is CC(=O)SC(C/C=C\Br)CCc1ccccc1. The summed E-state index contributed by atoms with van der Waals surface area (Å²) in [6.07, 6.45) is 5.06. The van der Waals surface area contributed by atoms with Crippen LogP contribution in [0, 0.1) is 0 Å². The highest BCUT2D eigenvalue weighted by atomic mass is 79.9. The maximum absolute atomic E-state index is 11.2. The van der Waals surface area contributed by atoms with Crippen LogP contribution in [0.3, 0.4) is 0 Å². The van der Waals surface area contributed by atoms with Crippen LogP contribution in [0.15, 0.2) is 41.4 Å². The molecule has 0 heterocycles. The van der Waals surface area contributed by atoms with Gasteiger partial charge in [0.1, 0.15) is 0 Å². The zero-order chi connectivity index (χ0) is 12.5. The summed E-state index contributed by atoms with van der Waals surface area (Å²) in [6.45, 7) is 1.64. The van der Waals surface area contributed by atoms with Gasteiger partial charge < -0.3 is 0 Å². The minimum Gasteiger partial charge on any atom is -0.288 e. The predicted molar refractivity (Wildman–Crippen MR) is 79.5 cm³/mol. The Morgan fingerprint density at radius 1 is 1.41 bits per heavy atom. The molecule has 1 atom stereocenters. The fourth-order valence-electron chi connectivity index (χ4n) is 1.64. The topological polar surface area (TPSA) is 17.1 Å². The van der Waals surface area contributed by atoms with E-state index in [4.69, 9.17) is 0 Å². The van der Waals surface area contributed by atoms with Crippen molar-refractivity contribution in [3.63, 3.8) is 0 Å². The molecule has 0 spiro atoms. The van der Waals surface area contributed by atoms with Gasteiger partial charge in [-0.25, -0.2) is 0 Å². The second-order valence-corrected chi connectivity index (χ2v) is 5.86. The highest BCUT2D eigenvalue weighted by molar-refractivity contribution is 9.11. The smallest absolute Gasteiger partial charge is 0.186 e. The Morgan fingerprint density at radius 3 is 2.71 bits per heavy atom. The highest BCUT2D eigenvalue weighted by Gasteiger charge is 2.10. The van der Waals surface area contributed by atoms with Gasteiger partial charge in [0.2, 0.25) is 0 Å². The van der Waals surface area contributed by atoms with Crippen LogP contribution in [-0.4, -0.2) is 10.4 Å². The molecule has 0 saturated carbocycles. The van der Waals surface area contributed by atoms with E-state index < -0.39 is 0 Å². The van der Waals surface area contributed by atoms with Gasteiger partial charge >= 0.3 is 0 Å². The summed E-state index contributed by atoms with van der Waals surface area (Å²) in [4.78, 5) is 13.0. The minimum absolute atomic E-state index is 0.200. The molecule has 0 saturated heterocycles. The number of halogens is 1. The summed E-state index contributed by atoms with van der Waals surface area (Å²) < 4.78 is 0. The van der Waals surface area contributed by atoms with E-state index in [1.807, 2.05) is 11.1 Å². The highest BCUT2D eigenvalue weighted by Crippen LogP contribution is 2.22. The van der Waals surface area contributed by atoms with Gasteiger partial charge in [-0.3, -0.25) is 4.79 Å². The first-order chi connectivity index (χ1) is 8.22. The third-order valence-corrected chi connectivity index (χ3v) is 3.89. The molecule has 0 amide bonds. The molecule has 0 aromatic heterocycles. The van der Waals surface area contributed by atoms with Crippen molar-refractivity contribution >= 4 is 32.8 Å². The maximum atomic E-state index is 11.2. The van der Waals surface area contributed by atoms with Crippen molar-refractivity contribution in [2.75, 3.05) is 0 Å². The molecule has 1 nitrogen and oxygen atoms in total. The molecule has 0 fully saturated rings. The zero-order valence-electron chi connectivity index (χ0n) is 9.93. The number of thioether (sulfide) groups is 1. The zero-order valence-corrected chi connectivity index (χ0v) is 12.3. The molecule has 0 N–H and O–H groups in total. The van der Waals surface area contributed by atoms with Gasteiger partial charge in [-0.15, -0.1) is 0 Å². The van der Waals surface area contributed by atoms with E-state index in [2.05, 4.69) is 46.3 Å². The molecule has 1 aromatic rings. The lowest BCUT2D eigenvalue weighted by Gasteiger charge is -2.12. The monoisotopic (exact) mass is 312 g/mol. The number of rotatable bonds is 6. The fourth-order valence-corrected chi connectivity index (χ4v) is 2.76. The van der Waals surface area contributed by atoms with Crippen molar-refractivity contribution in [1.29, 1.82) is 0 Å². The van der Waals surface area contributed by atoms with Crippen LogP contribution in [0.1, 0.15) is 25.3 Å². The first kappa shape index (κ1) is 14.5. The van der Waals surface area contributed by atoms with Crippen LogP contribution in [0.25, 0.3) is 0 Å². The van der Waals surface area contributed by atoms with Crippen LogP contribution in [-0.2, 0) is 11.2 Å². The number of allylic oxidation sites excluding steroid dienone is 1. The Morgan fingerprint density at radius 2 is 2.12 bits per heavy atom.